The first-order valence-corrected chi connectivity index (χ1v) is 4.35. The van der Waals surface area contributed by atoms with Gasteiger partial charge < -0.3 is 10.2 Å². The molecule has 0 heterocycles. The van der Waals surface area contributed by atoms with E-state index in [2.05, 4.69) is 0 Å². The maximum Gasteiger partial charge on any atom is 0.335 e. The molecule has 0 radical (unpaired) electrons. The van der Waals surface area contributed by atoms with E-state index in [1.807, 2.05) is 0 Å². The van der Waals surface area contributed by atoms with Crippen molar-refractivity contribution < 1.29 is 19.9 Å². The lowest BCUT2D eigenvalue weighted by Gasteiger charge is -1.99. The lowest BCUT2D eigenvalue weighted by Crippen LogP contribution is -1.99. The lowest BCUT2D eigenvalue weighted by molar-refractivity contribution is -0.385. The molecule has 6 heteroatoms. The third kappa shape index (κ3) is 2.64. The Morgan fingerprint density at radius 2 is 2.19 bits per heavy atom. The van der Waals surface area contributed by atoms with Crippen molar-refractivity contribution in [2.45, 2.75) is 0 Å². The Bertz CT molecular complexity index is 453. The van der Waals surface area contributed by atoms with Crippen LogP contribution in [-0.2, 0) is 0 Å². The number of nitro benzene ring substituents is 1. The molecule has 0 aliphatic carbocycles. The molecular formula is C10H9NO5. The van der Waals surface area contributed by atoms with E-state index in [-0.39, 0.29) is 23.4 Å². The predicted molar refractivity (Wildman–Crippen MR) is 56.2 cm³/mol. The number of hydrogen-bond acceptors (Lipinski definition) is 4. The van der Waals surface area contributed by atoms with Gasteiger partial charge in [-0.15, -0.1) is 0 Å². The zero-order valence-corrected chi connectivity index (χ0v) is 8.16. The van der Waals surface area contributed by atoms with Gasteiger partial charge in [-0.05, 0) is 18.2 Å². The molecule has 0 amide bonds. The zero-order chi connectivity index (χ0) is 12.1. The second kappa shape index (κ2) is 5.04. The average Bonchev–Trinajstić information content (AvgIpc) is 2.25. The molecule has 16 heavy (non-hydrogen) atoms. The fourth-order valence-corrected chi connectivity index (χ4v) is 1.16. The Morgan fingerprint density at radius 1 is 1.50 bits per heavy atom. The van der Waals surface area contributed by atoms with Gasteiger partial charge in [0.1, 0.15) is 0 Å². The molecular weight excluding hydrogens is 214 g/mol. The van der Waals surface area contributed by atoms with Gasteiger partial charge in [-0.2, -0.15) is 0 Å². The summed E-state index contributed by atoms with van der Waals surface area (Å²) in [5.74, 6) is -1.22. The Hall–Kier alpha value is -2.21. The summed E-state index contributed by atoms with van der Waals surface area (Å²) in [7, 11) is 0. The smallest absolute Gasteiger partial charge is 0.335 e. The molecule has 84 valence electrons. The highest BCUT2D eigenvalue weighted by atomic mass is 16.6. The molecule has 0 aromatic heterocycles. The van der Waals surface area contributed by atoms with Crippen LogP contribution in [0.25, 0.3) is 6.08 Å². The topological polar surface area (TPSA) is 101 Å². The van der Waals surface area contributed by atoms with Crippen LogP contribution in [0.2, 0.25) is 0 Å². The largest absolute Gasteiger partial charge is 0.478 e. The molecule has 0 fully saturated rings. The van der Waals surface area contributed by atoms with E-state index < -0.39 is 10.9 Å². The van der Waals surface area contributed by atoms with Gasteiger partial charge >= 0.3 is 5.97 Å². The van der Waals surface area contributed by atoms with Crippen LogP contribution in [0.3, 0.4) is 0 Å². The monoisotopic (exact) mass is 223 g/mol. The Labute approximate surface area is 90.6 Å². The van der Waals surface area contributed by atoms with Crippen molar-refractivity contribution in [1.82, 2.24) is 0 Å². The lowest BCUT2D eigenvalue weighted by atomic mass is 10.1. The number of rotatable bonds is 4. The van der Waals surface area contributed by atoms with Gasteiger partial charge in [-0.3, -0.25) is 10.1 Å². The Kier molecular flexibility index (Phi) is 3.73. The van der Waals surface area contributed by atoms with Crippen molar-refractivity contribution in [3.05, 3.63) is 45.5 Å². The minimum atomic E-state index is -1.22. The fraction of sp³-hybridized carbons (Fsp3) is 0.100. The molecule has 0 aliphatic heterocycles. The van der Waals surface area contributed by atoms with Crippen molar-refractivity contribution in [3.8, 4) is 0 Å². The van der Waals surface area contributed by atoms with Crippen LogP contribution in [0.4, 0.5) is 5.69 Å². The summed E-state index contributed by atoms with van der Waals surface area (Å²) in [5.41, 5.74) is -0.193. The zero-order valence-electron chi connectivity index (χ0n) is 8.16. The maximum absolute atomic E-state index is 10.7. The van der Waals surface area contributed by atoms with Crippen LogP contribution in [0.1, 0.15) is 15.9 Å². The number of benzene rings is 1. The number of aliphatic hydroxyl groups excluding tert-OH is 1. The highest BCUT2D eigenvalue weighted by Gasteiger charge is 2.15. The van der Waals surface area contributed by atoms with Gasteiger partial charge in [-0.25, -0.2) is 4.79 Å². The van der Waals surface area contributed by atoms with Crippen LogP contribution in [-0.4, -0.2) is 27.7 Å². The normalized spacial score (nSPS) is 10.6. The summed E-state index contributed by atoms with van der Waals surface area (Å²) in [5, 5.41) is 27.9. The van der Waals surface area contributed by atoms with E-state index in [0.29, 0.717) is 0 Å². The van der Waals surface area contributed by atoms with E-state index in [4.69, 9.17) is 10.2 Å². The summed E-state index contributed by atoms with van der Waals surface area (Å²) < 4.78 is 0. The first-order valence-electron chi connectivity index (χ1n) is 4.35. The van der Waals surface area contributed by atoms with E-state index >= 15 is 0 Å². The highest BCUT2D eigenvalue weighted by molar-refractivity contribution is 5.89. The standard InChI is InChI=1S/C10H9NO5/c12-5-1-2-7-3-4-8(10(13)14)6-9(7)11(15)16/h1-4,6,12H,5H2,(H,13,14). The van der Waals surface area contributed by atoms with Crippen LogP contribution in [0.5, 0.6) is 0 Å². The van der Waals surface area contributed by atoms with Crippen LogP contribution in [0, 0.1) is 10.1 Å². The Balaban J connectivity index is 3.24. The summed E-state index contributed by atoms with van der Waals surface area (Å²) in [6, 6.07) is 3.58. The van der Waals surface area contributed by atoms with Crippen molar-refractivity contribution >= 4 is 17.7 Å². The Morgan fingerprint density at radius 3 is 2.69 bits per heavy atom. The third-order valence-corrected chi connectivity index (χ3v) is 1.88. The quantitative estimate of drug-likeness (QED) is 0.591. The molecule has 0 unspecified atom stereocenters. The van der Waals surface area contributed by atoms with Crippen molar-refractivity contribution in [1.29, 1.82) is 0 Å². The van der Waals surface area contributed by atoms with Gasteiger partial charge in [0.05, 0.1) is 22.7 Å². The summed E-state index contributed by atoms with van der Waals surface area (Å²) in [4.78, 5) is 20.6. The first-order chi connectivity index (χ1) is 7.56. The molecule has 0 aliphatic rings. The van der Waals surface area contributed by atoms with Gasteiger partial charge in [0.25, 0.3) is 5.69 Å². The summed E-state index contributed by atoms with van der Waals surface area (Å²) >= 11 is 0. The molecule has 0 atom stereocenters. The summed E-state index contributed by atoms with van der Waals surface area (Å²) in [6.45, 7) is -0.238. The van der Waals surface area contributed by atoms with Gasteiger partial charge in [0.2, 0.25) is 0 Å². The number of carbonyl (C=O) groups is 1. The number of nitrogens with zero attached hydrogens (tertiary/aromatic N) is 1. The van der Waals surface area contributed by atoms with Crippen molar-refractivity contribution in [2.75, 3.05) is 6.61 Å². The molecule has 1 aromatic carbocycles. The maximum atomic E-state index is 10.7. The van der Waals surface area contributed by atoms with E-state index in [9.17, 15) is 14.9 Å². The molecule has 0 saturated carbocycles. The molecule has 6 nitrogen and oxygen atoms in total. The first kappa shape index (κ1) is 11.9. The summed E-state index contributed by atoms with van der Waals surface area (Å²) in [6.07, 6.45) is 2.70. The van der Waals surface area contributed by atoms with Crippen LogP contribution < -0.4 is 0 Å². The van der Waals surface area contributed by atoms with Crippen molar-refractivity contribution in [2.24, 2.45) is 0 Å². The predicted octanol–water partition coefficient (Wildman–Crippen LogP) is 1.30. The number of nitro groups is 1. The average molecular weight is 223 g/mol. The van der Waals surface area contributed by atoms with Crippen LogP contribution in [0.15, 0.2) is 24.3 Å². The van der Waals surface area contributed by atoms with Crippen molar-refractivity contribution in [3.63, 3.8) is 0 Å². The molecule has 1 aromatic rings. The number of aromatic carboxylic acids is 1. The molecule has 0 spiro atoms. The highest BCUT2D eigenvalue weighted by Crippen LogP contribution is 2.21. The minimum absolute atomic E-state index is 0.146. The number of carboxylic acids is 1. The van der Waals surface area contributed by atoms with E-state index in [1.54, 1.807) is 0 Å². The molecule has 1 rings (SSSR count). The third-order valence-electron chi connectivity index (χ3n) is 1.88. The number of aliphatic hydroxyl groups is 1. The number of carboxylic acid groups (broad SMARTS) is 1. The molecule has 0 bridgehead atoms. The van der Waals surface area contributed by atoms with E-state index in [0.717, 1.165) is 6.07 Å². The van der Waals surface area contributed by atoms with Gasteiger partial charge in [0.15, 0.2) is 0 Å². The SMILES string of the molecule is O=C(O)c1ccc(C=CCO)c([N+](=O)[O-])c1. The molecule has 2 N–H and O–H groups in total. The minimum Gasteiger partial charge on any atom is -0.478 e. The van der Waals surface area contributed by atoms with Gasteiger partial charge in [0, 0.05) is 6.07 Å². The van der Waals surface area contributed by atoms with E-state index in [1.165, 1.54) is 24.3 Å². The second-order valence-electron chi connectivity index (χ2n) is 2.92. The van der Waals surface area contributed by atoms with Gasteiger partial charge in [-0.1, -0.05) is 6.08 Å². The fourth-order valence-electron chi connectivity index (χ4n) is 1.16. The van der Waals surface area contributed by atoms with Crippen LogP contribution >= 0.6 is 0 Å². The number of hydrogen-bond donors (Lipinski definition) is 2. The molecule has 0 saturated heterocycles. The second-order valence-corrected chi connectivity index (χ2v) is 2.92.